The molecule has 22 heteroatoms. The number of carbonyl (C=O) groups is 1. The molecule has 0 fully saturated rings. The van der Waals surface area contributed by atoms with Crippen molar-refractivity contribution in [3.63, 3.8) is 0 Å². The summed E-state index contributed by atoms with van der Waals surface area (Å²) in [6.07, 6.45) is -4.64. The van der Waals surface area contributed by atoms with Crippen molar-refractivity contribution in [1.82, 2.24) is 0 Å². The summed E-state index contributed by atoms with van der Waals surface area (Å²) in [7, 11) is -11.4. The lowest BCUT2D eigenvalue weighted by Gasteiger charge is -2.47. The fraction of sp³-hybridized carbons (Fsp3) is 0.766. The van der Waals surface area contributed by atoms with Gasteiger partial charge in [0.05, 0.1) is 6.10 Å². The Morgan fingerprint density at radius 3 is 1.23 bits per heavy atom. The number of cyclic esters (lactones) is 1. The molecule has 86 heavy (non-hydrogen) atoms. The molecule has 0 amide bonds. The first-order chi connectivity index (χ1) is 39.7. The first kappa shape index (κ1) is 77.4. The third-order valence-corrected chi connectivity index (χ3v) is 34.4. The average molecular weight is 1300 g/mol. The summed E-state index contributed by atoms with van der Waals surface area (Å²) in [4.78, 5) is 12.8. The number of alkyl halides is 14. The first-order valence-electron chi connectivity index (χ1n) is 31.4. The zero-order valence-corrected chi connectivity index (χ0v) is 55.9. The van der Waals surface area contributed by atoms with Crippen LogP contribution in [-0.2, 0) is 22.8 Å². The molecular formula is C64H100F14O5Si3. The van der Waals surface area contributed by atoms with E-state index in [4.69, 9.17) is 18.0 Å². The topological polar surface area (TPSA) is 54.0 Å². The van der Waals surface area contributed by atoms with Crippen molar-refractivity contribution in [2.45, 2.75) is 311 Å². The first-order valence-corrected chi connectivity index (χ1v) is 37.8. The molecule has 1 aliphatic heterocycles. The van der Waals surface area contributed by atoms with Crippen LogP contribution < -0.4 is 10.4 Å². The van der Waals surface area contributed by atoms with E-state index >= 15 is 17.6 Å². The molecule has 3 rings (SSSR count). The Labute approximate surface area is 507 Å². The monoisotopic (exact) mass is 1300 g/mol. The maximum Gasteiger partial charge on any atom is 0.459 e. The molecular weight excluding hydrogens is 1200 g/mol. The van der Waals surface area contributed by atoms with Crippen molar-refractivity contribution >= 4 is 41.3 Å². The molecule has 0 spiro atoms. The van der Waals surface area contributed by atoms with Gasteiger partial charge in [-0.2, -0.15) is 61.5 Å². The van der Waals surface area contributed by atoms with Gasteiger partial charge in [0.2, 0.25) is 0 Å². The summed E-state index contributed by atoms with van der Waals surface area (Å²) >= 11 is 0. The number of rotatable bonds is 40. The molecule has 5 nitrogen and oxygen atoms in total. The van der Waals surface area contributed by atoms with Crippen LogP contribution in [0, 0.1) is 0 Å². The second kappa shape index (κ2) is 33.0. The Kier molecular flexibility index (Phi) is 29.7. The van der Waals surface area contributed by atoms with E-state index < -0.39 is 144 Å². The fourth-order valence-electron chi connectivity index (χ4n) is 12.7. The van der Waals surface area contributed by atoms with E-state index in [2.05, 4.69) is 27.7 Å². The summed E-state index contributed by atoms with van der Waals surface area (Å²) in [6, 6.07) is 18.0. The van der Waals surface area contributed by atoms with Crippen LogP contribution >= 0.6 is 0 Å². The van der Waals surface area contributed by atoms with Crippen LogP contribution in [0.5, 0.6) is 0 Å². The summed E-state index contributed by atoms with van der Waals surface area (Å²) in [5.74, 6) is -24.7. The Hall–Kier alpha value is -2.80. The average Bonchev–Trinajstić information content (AvgIpc) is 0.840. The van der Waals surface area contributed by atoms with Gasteiger partial charge in [0.25, 0.3) is 8.32 Å². The van der Waals surface area contributed by atoms with E-state index in [0.717, 1.165) is 48.9 Å². The minimum Gasteiger partial charge on any atom is -0.459 e. The molecule has 0 saturated heterocycles. The number of halogens is 14. The second-order valence-electron chi connectivity index (χ2n) is 26.4. The molecule has 1 heterocycles. The highest BCUT2D eigenvalue weighted by Gasteiger charge is 2.74. The van der Waals surface area contributed by atoms with Crippen molar-refractivity contribution in [3.05, 3.63) is 72.8 Å². The second-order valence-corrected chi connectivity index (χ2v) is 40.6. The molecule has 0 saturated carbocycles. The quantitative estimate of drug-likeness (QED) is 0.0288. The van der Waals surface area contributed by atoms with Gasteiger partial charge in [0.1, 0.15) is 6.10 Å². The highest BCUT2D eigenvalue weighted by atomic mass is 28.4. The summed E-state index contributed by atoms with van der Waals surface area (Å²) in [5.41, 5.74) is -2.84. The Morgan fingerprint density at radius 1 is 0.500 bits per heavy atom. The molecule has 2 aromatic rings. The van der Waals surface area contributed by atoms with Crippen molar-refractivity contribution in [3.8, 4) is 0 Å². The van der Waals surface area contributed by atoms with E-state index in [1.165, 1.54) is 50.7 Å². The van der Waals surface area contributed by atoms with Gasteiger partial charge in [-0.15, -0.1) is 0 Å². The lowest BCUT2D eigenvalue weighted by Crippen LogP contribution is -2.67. The van der Waals surface area contributed by atoms with Crippen LogP contribution in [0.1, 0.15) is 212 Å². The van der Waals surface area contributed by atoms with Crippen molar-refractivity contribution in [2.75, 3.05) is 0 Å². The smallest absolute Gasteiger partial charge is 0.459 e. The lowest BCUT2D eigenvalue weighted by atomic mass is 9.98. The molecule has 0 radical (unpaired) electrons. The number of ether oxygens (including phenoxy) is 1. The van der Waals surface area contributed by atoms with E-state index in [1.807, 2.05) is 60.7 Å². The molecule has 0 aromatic heterocycles. The highest BCUT2D eigenvalue weighted by Crippen LogP contribution is 2.53. The zero-order valence-electron chi connectivity index (χ0n) is 52.9. The summed E-state index contributed by atoms with van der Waals surface area (Å²) in [6.45, 7) is 21.4. The number of hydrogen-bond acceptors (Lipinski definition) is 5. The SMILES string of the molecule is CCCCCCCCCCCCCC[C@H](CC[C@@H](C[C@H](C[C@H]1CC=CC(=O)O1)O[Si](CCC(F)(F)C(F)(F)C(F)(F)F)(C(C)C)C(C)C)O[Si](CCC(F)(F)C(F)(F)C(F)(F)F)(C(C)C)C(C)C)O[Si](c1ccccc1)(c1ccccc1)C(C)(C)C. The summed E-state index contributed by atoms with van der Waals surface area (Å²) in [5, 5.41) is 1.43. The van der Waals surface area contributed by atoms with Crippen molar-refractivity contribution in [1.29, 1.82) is 0 Å². The standard InChI is InChI=1S/C64H100F14O5Si3/c1-13-14-15-16-17-18-19-20-21-22-23-26-32-51(83-86(58(10,11)12,55-34-27-24-28-35-55)56-36-29-25-30-37-56)39-40-53(81-84(47(2)3,48(4)5)43-41-59(65,66)61(69,70)63(73,74)75)46-54(45-52-33-31-38-57(79)80-52)82-85(49(6)7,50(8)9)44-42-60(67,68)62(71,72)64(76,77)78/h24-25,27-31,34-38,47-54H,13-23,26,32-33,39-46H2,1-12H3/t51-,52-,53+,54+/m1/s1. The normalized spacial score (nSPS) is 16.9. The van der Waals surface area contributed by atoms with E-state index in [9.17, 15) is 48.7 Å². The number of esters is 1. The Morgan fingerprint density at radius 2 is 0.872 bits per heavy atom. The number of hydrogen-bond donors (Lipinski definition) is 0. The van der Waals surface area contributed by atoms with Crippen LogP contribution in [0.3, 0.4) is 0 Å². The van der Waals surface area contributed by atoms with Gasteiger partial charge < -0.3 is 18.0 Å². The van der Waals surface area contributed by atoms with Crippen molar-refractivity contribution < 1.29 is 84.3 Å². The molecule has 496 valence electrons. The maximum absolute atomic E-state index is 15.6. The molecule has 0 N–H and O–H groups in total. The zero-order chi connectivity index (χ0) is 65.2. The van der Waals surface area contributed by atoms with Gasteiger partial charge in [-0.25, -0.2) is 4.79 Å². The molecule has 2 aromatic carbocycles. The maximum atomic E-state index is 15.6. The minimum atomic E-state index is -6.59. The molecule has 0 unspecified atom stereocenters. The predicted molar refractivity (Wildman–Crippen MR) is 323 cm³/mol. The largest absolute Gasteiger partial charge is 0.459 e. The highest BCUT2D eigenvalue weighted by molar-refractivity contribution is 6.99. The molecule has 1 aliphatic rings. The van der Waals surface area contributed by atoms with Crippen LogP contribution in [-0.4, -0.2) is 91.4 Å². The lowest BCUT2D eigenvalue weighted by molar-refractivity contribution is -0.355. The van der Waals surface area contributed by atoms with E-state index in [0.29, 0.717) is 6.42 Å². The third kappa shape index (κ3) is 20.4. The Balaban J connectivity index is 2.34. The van der Waals surface area contributed by atoms with Gasteiger partial charge in [-0.1, -0.05) is 227 Å². The molecule has 0 aliphatic carbocycles. The summed E-state index contributed by atoms with van der Waals surface area (Å²) < 4.78 is 230. The number of benzene rings is 2. The minimum absolute atomic E-state index is 0.0302. The molecule has 4 atom stereocenters. The van der Waals surface area contributed by atoms with E-state index in [-0.39, 0.29) is 32.1 Å². The van der Waals surface area contributed by atoms with Gasteiger partial charge >= 0.3 is 42.0 Å². The van der Waals surface area contributed by atoms with Crippen LogP contribution in [0.25, 0.3) is 0 Å². The van der Waals surface area contributed by atoms with E-state index in [1.54, 1.807) is 55.4 Å². The van der Waals surface area contributed by atoms with Crippen molar-refractivity contribution in [2.24, 2.45) is 0 Å². The number of unbranched alkanes of at least 4 members (excludes halogenated alkanes) is 11. The van der Waals surface area contributed by atoms with Gasteiger partial charge in [0, 0.05) is 44.0 Å². The van der Waals surface area contributed by atoms with Crippen LogP contribution in [0.4, 0.5) is 61.5 Å². The van der Waals surface area contributed by atoms with Gasteiger partial charge in [-0.3, -0.25) is 0 Å². The van der Waals surface area contributed by atoms with Gasteiger partial charge in [-0.05, 0) is 75.3 Å². The number of carbonyl (C=O) groups excluding carboxylic acids is 1. The Bertz CT molecular complexity index is 2240. The van der Waals surface area contributed by atoms with Gasteiger partial charge in [0.15, 0.2) is 16.6 Å². The fourth-order valence-corrected chi connectivity index (χ4v) is 26.8. The predicted octanol–water partition coefficient (Wildman–Crippen LogP) is 21.2. The van der Waals surface area contributed by atoms with Crippen LogP contribution in [0.2, 0.25) is 39.3 Å². The molecule has 0 bridgehead atoms. The third-order valence-electron chi connectivity index (χ3n) is 17.9. The van der Waals surface area contributed by atoms with Crippen LogP contribution in [0.15, 0.2) is 72.8 Å².